The van der Waals surface area contributed by atoms with E-state index in [4.69, 9.17) is 10.8 Å². The third-order valence-corrected chi connectivity index (χ3v) is 2.82. The lowest BCUT2D eigenvalue weighted by atomic mass is 10.1. The second kappa shape index (κ2) is 7.53. The Bertz CT molecular complexity index is 429. The minimum Gasteiger partial charge on any atom is -0.481 e. The summed E-state index contributed by atoms with van der Waals surface area (Å²) in [5.74, 6) is -1.04. The molecule has 0 saturated carbocycles. The smallest absolute Gasteiger partial charge is 0.303 e. The van der Waals surface area contributed by atoms with Gasteiger partial charge in [-0.1, -0.05) is 12.1 Å². The fourth-order valence-corrected chi connectivity index (χ4v) is 1.71. The number of carbonyl (C=O) groups excluding carboxylic acids is 1. The number of aliphatic carboxylic acids is 1. The summed E-state index contributed by atoms with van der Waals surface area (Å²) in [5, 5.41) is 11.3. The molecule has 5 heteroatoms. The zero-order valence-electron chi connectivity index (χ0n) is 11.1. The lowest BCUT2D eigenvalue weighted by Crippen LogP contribution is -2.32. The van der Waals surface area contributed by atoms with E-state index >= 15 is 0 Å². The minimum absolute atomic E-state index is 0.0525. The standard InChI is InChI=1S/C14H20N2O3/c1-10(2-7-13(17)18)16-14(19)12-5-3-11(4-6-12)8-9-15/h3-6,10H,2,7-9,15H2,1H3,(H,16,19)(H,17,18). The van der Waals surface area contributed by atoms with E-state index in [1.807, 2.05) is 12.1 Å². The molecule has 4 N–H and O–H groups in total. The number of carboxylic acid groups (broad SMARTS) is 1. The van der Waals surface area contributed by atoms with Crippen LogP contribution in [0.25, 0.3) is 0 Å². The highest BCUT2D eigenvalue weighted by molar-refractivity contribution is 5.94. The molecule has 0 fully saturated rings. The Labute approximate surface area is 112 Å². The number of benzene rings is 1. The molecule has 0 aromatic heterocycles. The molecule has 0 saturated heterocycles. The maximum absolute atomic E-state index is 11.9. The van der Waals surface area contributed by atoms with Gasteiger partial charge in [-0.3, -0.25) is 9.59 Å². The molecule has 0 radical (unpaired) electrons. The Kier molecular flexibility index (Phi) is 6.02. The van der Waals surface area contributed by atoms with Crippen molar-refractivity contribution in [2.45, 2.75) is 32.2 Å². The number of hydrogen-bond acceptors (Lipinski definition) is 3. The van der Waals surface area contributed by atoms with Crippen molar-refractivity contribution < 1.29 is 14.7 Å². The molecule has 1 atom stereocenters. The van der Waals surface area contributed by atoms with Crippen molar-refractivity contribution in [3.8, 4) is 0 Å². The maximum Gasteiger partial charge on any atom is 0.303 e. The number of carboxylic acids is 1. The van der Waals surface area contributed by atoms with E-state index in [0.29, 0.717) is 18.5 Å². The molecule has 0 aliphatic carbocycles. The van der Waals surface area contributed by atoms with E-state index in [2.05, 4.69) is 5.32 Å². The summed E-state index contributed by atoms with van der Waals surface area (Å²) in [6.45, 7) is 2.38. The lowest BCUT2D eigenvalue weighted by molar-refractivity contribution is -0.137. The van der Waals surface area contributed by atoms with Crippen LogP contribution in [-0.2, 0) is 11.2 Å². The average molecular weight is 264 g/mol. The third kappa shape index (κ3) is 5.52. The normalized spacial score (nSPS) is 11.9. The Morgan fingerprint density at radius 1 is 1.32 bits per heavy atom. The monoisotopic (exact) mass is 264 g/mol. The molecule has 1 aromatic carbocycles. The second-order valence-corrected chi connectivity index (χ2v) is 4.54. The van der Waals surface area contributed by atoms with Gasteiger partial charge in [-0.2, -0.15) is 0 Å². The van der Waals surface area contributed by atoms with E-state index in [-0.39, 0.29) is 18.4 Å². The summed E-state index contributed by atoms with van der Waals surface area (Å²) in [7, 11) is 0. The number of carbonyl (C=O) groups is 2. The number of rotatable bonds is 7. The molecular formula is C14H20N2O3. The molecule has 0 bridgehead atoms. The van der Waals surface area contributed by atoms with Crippen molar-refractivity contribution in [1.29, 1.82) is 0 Å². The van der Waals surface area contributed by atoms with Crippen molar-refractivity contribution >= 4 is 11.9 Å². The molecule has 0 aliphatic rings. The van der Waals surface area contributed by atoms with Crippen molar-refractivity contribution in [2.75, 3.05) is 6.54 Å². The van der Waals surface area contributed by atoms with Gasteiger partial charge in [0.05, 0.1) is 0 Å². The Morgan fingerprint density at radius 2 is 1.95 bits per heavy atom. The van der Waals surface area contributed by atoms with Crippen LogP contribution in [0.1, 0.15) is 35.7 Å². The number of nitrogens with two attached hydrogens (primary N) is 1. The topological polar surface area (TPSA) is 92.4 Å². The molecule has 1 unspecified atom stereocenters. The van der Waals surface area contributed by atoms with Gasteiger partial charge in [-0.25, -0.2) is 0 Å². The summed E-state index contributed by atoms with van der Waals surface area (Å²) >= 11 is 0. The van der Waals surface area contributed by atoms with Crippen LogP contribution in [0.2, 0.25) is 0 Å². The number of hydrogen-bond donors (Lipinski definition) is 3. The van der Waals surface area contributed by atoms with Crippen LogP contribution >= 0.6 is 0 Å². The molecule has 19 heavy (non-hydrogen) atoms. The van der Waals surface area contributed by atoms with Gasteiger partial charge in [-0.05, 0) is 44.0 Å². The van der Waals surface area contributed by atoms with Crippen molar-refractivity contribution in [3.05, 3.63) is 35.4 Å². The van der Waals surface area contributed by atoms with E-state index in [0.717, 1.165) is 12.0 Å². The fraction of sp³-hybridized carbons (Fsp3) is 0.429. The predicted molar refractivity (Wildman–Crippen MR) is 73.0 cm³/mol. The lowest BCUT2D eigenvalue weighted by Gasteiger charge is -2.12. The van der Waals surface area contributed by atoms with Crippen LogP contribution in [0, 0.1) is 0 Å². The van der Waals surface area contributed by atoms with Crippen LogP contribution in [-0.4, -0.2) is 29.6 Å². The first-order chi connectivity index (χ1) is 9.02. The van der Waals surface area contributed by atoms with Crippen LogP contribution in [0.15, 0.2) is 24.3 Å². The average Bonchev–Trinajstić information content (AvgIpc) is 2.37. The van der Waals surface area contributed by atoms with Crippen LogP contribution in [0.4, 0.5) is 0 Å². The number of amides is 1. The first kappa shape index (κ1) is 15.2. The van der Waals surface area contributed by atoms with Gasteiger partial charge in [0, 0.05) is 18.0 Å². The van der Waals surface area contributed by atoms with Gasteiger partial charge >= 0.3 is 5.97 Å². The highest BCUT2D eigenvalue weighted by atomic mass is 16.4. The third-order valence-electron chi connectivity index (χ3n) is 2.82. The quantitative estimate of drug-likeness (QED) is 0.689. The summed E-state index contributed by atoms with van der Waals surface area (Å²) in [6.07, 6.45) is 1.26. The zero-order chi connectivity index (χ0) is 14.3. The molecule has 1 rings (SSSR count). The van der Waals surface area contributed by atoms with Crippen LogP contribution in [0.3, 0.4) is 0 Å². The van der Waals surface area contributed by atoms with Gasteiger partial charge < -0.3 is 16.2 Å². The van der Waals surface area contributed by atoms with Crippen molar-refractivity contribution in [2.24, 2.45) is 5.73 Å². The largest absolute Gasteiger partial charge is 0.481 e. The maximum atomic E-state index is 11.9. The zero-order valence-corrected chi connectivity index (χ0v) is 11.1. The molecular weight excluding hydrogens is 244 g/mol. The Balaban J connectivity index is 2.50. The van der Waals surface area contributed by atoms with E-state index in [1.165, 1.54) is 0 Å². The van der Waals surface area contributed by atoms with Crippen molar-refractivity contribution in [1.82, 2.24) is 5.32 Å². The van der Waals surface area contributed by atoms with Gasteiger partial charge in [0.25, 0.3) is 5.91 Å². The van der Waals surface area contributed by atoms with Gasteiger partial charge in [0.1, 0.15) is 0 Å². The summed E-state index contributed by atoms with van der Waals surface area (Å²) in [4.78, 5) is 22.3. The molecule has 0 spiro atoms. The second-order valence-electron chi connectivity index (χ2n) is 4.54. The molecule has 0 aliphatic heterocycles. The first-order valence-corrected chi connectivity index (χ1v) is 6.34. The van der Waals surface area contributed by atoms with Gasteiger partial charge in [-0.15, -0.1) is 0 Å². The number of nitrogens with one attached hydrogen (secondary N) is 1. The molecule has 0 heterocycles. The van der Waals surface area contributed by atoms with Crippen molar-refractivity contribution in [3.63, 3.8) is 0 Å². The van der Waals surface area contributed by atoms with Gasteiger partial charge in [0.15, 0.2) is 0 Å². The highest BCUT2D eigenvalue weighted by Crippen LogP contribution is 2.06. The predicted octanol–water partition coefficient (Wildman–Crippen LogP) is 1.17. The summed E-state index contributed by atoms with van der Waals surface area (Å²) < 4.78 is 0. The first-order valence-electron chi connectivity index (χ1n) is 6.34. The van der Waals surface area contributed by atoms with Gasteiger partial charge in [0.2, 0.25) is 0 Å². The van der Waals surface area contributed by atoms with E-state index in [9.17, 15) is 9.59 Å². The molecule has 1 aromatic rings. The summed E-state index contributed by atoms with van der Waals surface area (Å²) in [5.41, 5.74) is 7.12. The van der Waals surface area contributed by atoms with Crippen LogP contribution in [0.5, 0.6) is 0 Å². The van der Waals surface area contributed by atoms with Crippen LogP contribution < -0.4 is 11.1 Å². The fourth-order valence-electron chi connectivity index (χ4n) is 1.71. The van der Waals surface area contributed by atoms with E-state index in [1.54, 1.807) is 19.1 Å². The Hall–Kier alpha value is -1.88. The molecule has 5 nitrogen and oxygen atoms in total. The minimum atomic E-state index is -0.854. The Morgan fingerprint density at radius 3 is 2.47 bits per heavy atom. The summed E-state index contributed by atoms with van der Waals surface area (Å²) in [6, 6.07) is 7.11. The highest BCUT2D eigenvalue weighted by Gasteiger charge is 2.10. The molecule has 104 valence electrons. The molecule has 1 amide bonds. The SMILES string of the molecule is CC(CCC(=O)O)NC(=O)c1ccc(CCN)cc1. The van der Waals surface area contributed by atoms with E-state index < -0.39 is 5.97 Å².